The highest BCUT2D eigenvalue weighted by Gasteiger charge is 2.23. The molecule has 1 aromatic carbocycles. The Kier molecular flexibility index (Phi) is 5.07. The summed E-state index contributed by atoms with van der Waals surface area (Å²) >= 11 is 3.57. The van der Waals surface area contributed by atoms with Crippen molar-refractivity contribution < 1.29 is 14.3 Å². The van der Waals surface area contributed by atoms with Crippen LogP contribution in [0.1, 0.15) is 37.3 Å². The lowest BCUT2D eigenvalue weighted by molar-refractivity contribution is 0.141. The number of nitrogens with two attached hydrogens (primary N) is 1. The van der Waals surface area contributed by atoms with Gasteiger partial charge in [-0.05, 0) is 39.9 Å². The quantitative estimate of drug-likeness (QED) is 0.862. The molecule has 5 heteroatoms. The average molecular weight is 330 g/mol. The van der Waals surface area contributed by atoms with Gasteiger partial charge in [-0.1, -0.05) is 13.8 Å². The summed E-state index contributed by atoms with van der Waals surface area (Å²) in [7, 11) is 0. The van der Waals surface area contributed by atoms with Crippen LogP contribution in [0.15, 0.2) is 10.5 Å². The second-order valence-corrected chi connectivity index (χ2v) is 5.77. The molecular weight excluding hydrogens is 310 g/mol. The zero-order chi connectivity index (χ0) is 13.8. The molecule has 106 valence electrons. The smallest absolute Gasteiger partial charge is 0.175 e. The second-order valence-electron chi connectivity index (χ2n) is 4.92. The van der Waals surface area contributed by atoms with Gasteiger partial charge in [-0.3, -0.25) is 0 Å². The van der Waals surface area contributed by atoms with Crippen LogP contribution in [0, 0.1) is 0 Å². The van der Waals surface area contributed by atoms with Crippen LogP contribution in [0.25, 0.3) is 0 Å². The van der Waals surface area contributed by atoms with Gasteiger partial charge in [-0.2, -0.15) is 0 Å². The molecule has 4 nitrogen and oxygen atoms in total. The Labute approximate surface area is 122 Å². The molecule has 0 saturated carbocycles. The van der Waals surface area contributed by atoms with Gasteiger partial charge in [-0.25, -0.2) is 5.90 Å². The lowest BCUT2D eigenvalue weighted by Gasteiger charge is -2.20. The van der Waals surface area contributed by atoms with E-state index in [1.807, 2.05) is 0 Å². The molecule has 0 radical (unpaired) electrons. The van der Waals surface area contributed by atoms with Crippen molar-refractivity contribution in [3.63, 3.8) is 0 Å². The highest BCUT2D eigenvalue weighted by Crippen LogP contribution is 2.44. The van der Waals surface area contributed by atoms with Crippen LogP contribution in [0.4, 0.5) is 0 Å². The second kappa shape index (κ2) is 6.59. The Balaban J connectivity index is 2.50. The lowest BCUT2D eigenvalue weighted by Crippen LogP contribution is -2.08. The third kappa shape index (κ3) is 3.22. The minimum Gasteiger partial charge on any atom is -0.489 e. The van der Waals surface area contributed by atoms with Crippen molar-refractivity contribution in [2.75, 3.05) is 19.8 Å². The van der Waals surface area contributed by atoms with Gasteiger partial charge in [0.25, 0.3) is 0 Å². The maximum atomic E-state index is 5.92. The van der Waals surface area contributed by atoms with Gasteiger partial charge < -0.3 is 14.3 Å². The van der Waals surface area contributed by atoms with E-state index in [4.69, 9.17) is 20.2 Å². The highest BCUT2D eigenvalue weighted by molar-refractivity contribution is 9.10. The fourth-order valence-corrected chi connectivity index (χ4v) is 2.94. The average Bonchev–Trinajstić information content (AvgIpc) is 2.61. The Morgan fingerprint density at radius 1 is 1.32 bits per heavy atom. The third-order valence-corrected chi connectivity index (χ3v) is 3.75. The molecule has 1 heterocycles. The number of rotatable bonds is 4. The summed E-state index contributed by atoms with van der Waals surface area (Å²) in [6, 6.07) is 2.09. The normalized spacial score (nSPS) is 14.6. The molecule has 0 atom stereocenters. The molecule has 0 saturated heterocycles. The number of ether oxygens (including phenoxy) is 2. The van der Waals surface area contributed by atoms with E-state index < -0.39 is 0 Å². The van der Waals surface area contributed by atoms with E-state index in [0.29, 0.717) is 25.7 Å². The zero-order valence-electron chi connectivity index (χ0n) is 11.4. The van der Waals surface area contributed by atoms with Gasteiger partial charge in [0, 0.05) is 12.0 Å². The van der Waals surface area contributed by atoms with Gasteiger partial charge in [0.2, 0.25) is 0 Å². The molecule has 19 heavy (non-hydrogen) atoms. The van der Waals surface area contributed by atoms with Gasteiger partial charge in [0.1, 0.15) is 0 Å². The van der Waals surface area contributed by atoms with E-state index in [2.05, 4.69) is 35.8 Å². The first-order valence-corrected chi connectivity index (χ1v) is 7.37. The van der Waals surface area contributed by atoms with Crippen LogP contribution >= 0.6 is 15.9 Å². The summed E-state index contributed by atoms with van der Waals surface area (Å²) in [5.74, 6) is 7.18. The van der Waals surface area contributed by atoms with Crippen molar-refractivity contribution in [1.82, 2.24) is 0 Å². The van der Waals surface area contributed by atoms with Crippen molar-refractivity contribution in [3.05, 3.63) is 21.7 Å². The first-order chi connectivity index (χ1) is 9.15. The van der Waals surface area contributed by atoms with Gasteiger partial charge >= 0.3 is 0 Å². The SMILES string of the molecule is CC(C)c1c(CCON)cc(Br)c2c1OCCCO2. The predicted molar refractivity (Wildman–Crippen MR) is 77.7 cm³/mol. The predicted octanol–water partition coefficient (Wildman–Crippen LogP) is 3.17. The number of benzene rings is 1. The molecule has 2 N–H and O–H groups in total. The van der Waals surface area contributed by atoms with Gasteiger partial charge in [0.05, 0.1) is 24.3 Å². The van der Waals surface area contributed by atoms with Crippen molar-refractivity contribution in [2.45, 2.75) is 32.6 Å². The van der Waals surface area contributed by atoms with E-state index >= 15 is 0 Å². The van der Waals surface area contributed by atoms with Crippen LogP contribution in [-0.2, 0) is 11.3 Å². The molecule has 2 rings (SSSR count). The fraction of sp³-hybridized carbons (Fsp3) is 0.571. The standard InChI is InChI=1S/C14H20BrNO3/c1-9(2)12-10(4-7-19-16)8-11(15)13-14(12)18-6-3-5-17-13/h8-9H,3-7,16H2,1-2H3. The van der Waals surface area contributed by atoms with E-state index in [1.165, 1.54) is 11.1 Å². The van der Waals surface area contributed by atoms with Crippen LogP contribution in [-0.4, -0.2) is 19.8 Å². The lowest BCUT2D eigenvalue weighted by atomic mass is 9.94. The molecule has 0 spiro atoms. The zero-order valence-corrected chi connectivity index (χ0v) is 13.0. The monoisotopic (exact) mass is 329 g/mol. The minimum atomic E-state index is 0.358. The molecule has 0 bridgehead atoms. The Hall–Kier alpha value is -0.780. The highest BCUT2D eigenvalue weighted by atomic mass is 79.9. The molecule has 1 aliphatic heterocycles. The number of hydrogen-bond acceptors (Lipinski definition) is 4. The van der Waals surface area contributed by atoms with E-state index in [1.54, 1.807) is 0 Å². The van der Waals surface area contributed by atoms with Crippen LogP contribution in [0.3, 0.4) is 0 Å². The molecule has 0 aromatic heterocycles. The van der Waals surface area contributed by atoms with Crippen molar-refractivity contribution >= 4 is 15.9 Å². The number of halogens is 1. The van der Waals surface area contributed by atoms with Crippen molar-refractivity contribution in [2.24, 2.45) is 5.90 Å². The summed E-state index contributed by atoms with van der Waals surface area (Å²) < 4.78 is 12.6. The molecule has 0 aliphatic carbocycles. The Bertz CT molecular complexity index is 449. The summed E-state index contributed by atoms with van der Waals surface area (Å²) in [6.07, 6.45) is 1.67. The first kappa shape index (κ1) is 14.6. The van der Waals surface area contributed by atoms with Crippen molar-refractivity contribution in [3.8, 4) is 11.5 Å². The van der Waals surface area contributed by atoms with Crippen LogP contribution < -0.4 is 15.4 Å². The summed E-state index contributed by atoms with van der Waals surface area (Å²) in [5, 5.41) is 0. The van der Waals surface area contributed by atoms with Gasteiger partial charge in [-0.15, -0.1) is 0 Å². The Morgan fingerprint density at radius 3 is 2.63 bits per heavy atom. The van der Waals surface area contributed by atoms with E-state index in [0.717, 1.165) is 28.8 Å². The summed E-state index contributed by atoms with van der Waals surface area (Å²) in [4.78, 5) is 4.70. The third-order valence-electron chi connectivity index (χ3n) is 3.16. The van der Waals surface area contributed by atoms with E-state index in [-0.39, 0.29) is 0 Å². The molecule has 1 aliphatic rings. The molecule has 1 aromatic rings. The Morgan fingerprint density at radius 2 is 2.00 bits per heavy atom. The fourth-order valence-electron chi connectivity index (χ4n) is 2.37. The number of fused-ring (bicyclic) bond motifs is 1. The van der Waals surface area contributed by atoms with E-state index in [9.17, 15) is 0 Å². The maximum Gasteiger partial charge on any atom is 0.175 e. The summed E-state index contributed by atoms with van der Waals surface area (Å²) in [5.41, 5.74) is 2.38. The first-order valence-electron chi connectivity index (χ1n) is 6.57. The molecular formula is C14H20BrNO3. The van der Waals surface area contributed by atoms with Crippen LogP contribution in [0.5, 0.6) is 11.5 Å². The largest absolute Gasteiger partial charge is 0.489 e. The topological polar surface area (TPSA) is 53.7 Å². The minimum absolute atomic E-state index is 0.358. The molecule has 0 fully saturated rings. The summed E-state index contributed by atoms with van der Waals surface area (Å²) in [6.45, 7) is 6.19. The van der Waals surface area contributed by atoms with Crippen LogP contribution in [0.2, 0.25) is 0 Å². The number of hydrogen-bond donors (Lipinski definition) is 1. The maximum absolute atomic E-state index is 5.92. The van der Waals surface area contributed by atoms with Crippen molar-refractivity contribution in [1.29, 1.82) is 0 Å². The molecule has 0 unspecified atom stereocenters. The van der Waals surface area contributed by atoms with Gasteiger partial charge in [0.15, 0.2) is 11.5 Å². The molecule has 0 amide bonds.